The van der Waals surface area contributed by atoms with Crippen molar-refractivity contribution in [3.05, 3.63) is 71.1 Å². The highest BCUT2D eigenvalue weighted by Gasteiger charge is 2.30. The molecule has 158 valence electrons. The lowest BCUT2D eigenvalue weighted by Gasteiger charge is -2.15. The van der Waals surface area contributed by atoms with Crippen molar-refractivity contribution in [3.63, 3.8) is 0 Å². The standard InChI is InChI=1S/C24H23N3O4/c1-15-18-6-4-5-7-19(18)31-20(15)14-27(3)21(28)9-8-16-12-17-10-11-24(2,30)23(29)26-22(17)25-13-16/h4-13,30H,14H2,1-3H3,(H,25,26,29)/b9-8+/t24-/m1/s1. The average Bonchev–Trinajstić information content (AvgIpc) is 3.00. The number of nitrogens with zero attached hydrogens (tertiary/aromatic N) is 2. The summed E-state index contributed by atoms with van der Waals surface area (Å²) in [4.78, 5) is 30.4. The number of para-hydroxylation sites is 1. The molecule has 1 aliphatic rings. The summed E-state index contributed by atoms with van der Waals surface area (Å²) in [6.07, 6.45) is 7.74. The van der Waals surface area contributed by atoms with Gasteiger partial charge in [0.25, 0.3) is 5.91 Å². The van der Waals surface area contributed by atoms with Crippen LogP contribution in [0, 0.1) is 6.92 Å². The molecule has 0 unspecified atom stereocenters. The lowest BCUT2D eigenvalue weighted by molar-refractivity contribution is -0.128. The number of rotatable bonds is 4. The van der Waals surface area contributed by atoms with Crippen LogP contribution >= 0.6 is 0 Å². The maximum absolute atomic E-state index is 12.6. The Kier molecular flexibility index (Phi) is 5.20. The molecule has 3 heterocycles. The smallest absolute Gasteiger partial charge is 0.261 e. The first-order valence-electron chi connectivity index (χ1n) is 9.88. The third-order valence-electron chi connectivity index (χ3n) is 5.34. The Labute approximate surface area is 179 Å². The number of anilines is 1. The number of hydrogen-bond acceptors (Lipinski definition) is 5. The number of aromatic nitrogens is 1. The molecule has 1 aliphatic heterocycles. The maximum atomic E-state index is 12.6. The molecule has 2 N–H and O–H groups in total. The van der Waals surface area contributed by atoms with E-state index in [0.29, 0.717) is 23.5 Å². The zero-order valence-electron chi connectivity index (χ0n) is 17.5. The fourth-order valence-electron chi connectivity index (χ4n) is 3.35. The van der Waals surface area contributed by atoms with Crippen LogP contribution in [0.15, 0.2) is 53.1 Å². The summed E-state index contributed by atoms with van der Waals surface area (Å²) in [6, 6.07) is 9.58. The van der Waals surface area contributed by atoms with Crippen LogP contribution < -0.4 is 5.32 Å². The van der Waals surface area contributed by atoms with Crippen molar-refractivity contribution in [1.29, 1.82) is 0 Å². The van der Waals surface area contributed by atoms with Crippen LogP contribution in [0.2, 0.25) is 0 Å². The Balaban J connectivity index is 1.48. The van der Waals surface area contributed by atoms with Gasteiger partial charge in [-0.2, -0.15) is 0 Å². The van der Waals surface area contributed by atoms with Crippen LogP contribution in [0.25, 0.3) is 23.1 Å². The van der Waals surface area contributed by atoms with Gasteiger partial charge in [0.2, 0.25) is 5.91 Å². The molecule has 7 heteroatoms. The Hall–Kier alpha value is -3.71. The van der Waals surface area contributed by atoms with Crippen molar-refractivity contribution in [3.8, 4) is 0 Å². The predicted molar refractivity (Wildman–Crippen MR) is 119 cm³/mol. The SMILES string of the molecule is Cc1c(CN(C)C(=O)/C=C/c2cnc3c(c2)C=C[C@@](C)(O)C(=O)N3)oc2ccccc12. The first-order chi connectivity index (χ1) is 14.7. The van der Waals surface area contributed by atoms with Gasteiger partial charge in [0.1, 0.15) is 17.2 Å². The van der Waals surface area contributed by atoms with Crippen molar-refractivity contribution in [2.45, 2.75) is 26.0 Å². The molecule has 0 aliphatic carbocycles. The highest BCUT2D eigenvalue weighted by atomic mass is 16.3. The minimum absolute atomic E-state index is 0.179. The fourth-order valence-corrected chi connectivity index (χ4v) is 3.35. The van der Waals surface area contributed by atoms with Gasteiger partial charge in [-0.05, 0) is 43.7 Å². The highest BCUT2D eigenvalue weighted by molar-refractivity contribution is 6.01. The topological polar surface area (TPSA) is 95.7 Å². The molecule has 0 spiro atoms. The summed E-state index contributed by atoms with van der Waals surface area (Å²) in [6.45, 7) is 3.75. The molecule has 2 amide bonds. The second-order valence-electron chi connectivity index (χ2n) is 7.82. The monoisotopic (exact) mass is 417 g/mol. The van der Waals surface area contributed by atoms with E-state index >= 15 is 0 Å². The molecule has 3 aromatic rings. The van der Waals surface area contributed by atoms with E-state index in [1.165, 1.54) is 19.1 Å². The van der Waals surface area contributed by atoms with E-state index in [2.05, 4.69) is 10.3 Å². The number of likely N-dealkylation sites (N-methyl/N-ethyl adjacent to an activating group) is 1. The van der Waals surface area contributed by atoms with Gasteiger partial charge in [0.05, 0.1) is 6.54 Å². The van der Waals surface area contributed by atoms with Gasteiger partial charge in [-0.1, -0.05) is 24.3 Å². The number of furan rings is 1. The minimum atomic E-state index is -1.61. The molecule has 0 radical (unpaired) electrons. The maximum Gasteiger partial charge on any atom is 0.261 e. The van der Waals surface area contributed by atoms with Gasteiger partial charge in [0, 0.05) is 35.8 Å². The molecule has 0 saturated carbocycles. The van der Waals surface area contributed by atoms with E-state index in [1.807, 2.05) is 31.2 Å². The van der Waals surface area contributed by atoms with Crippen molar-refractivity contribution >= 4 is 40.8 Å². The molecular weight excluding hydrogens is 394 g/mol. The van der Waals surface area contributed by atoms with Crippen LogP contribution in [0.3, 0.4) is 0 Å². The molecule has 1 aromatic carbocycles. The third kappa shape index (κ3) is 4.13. The van der Waals surface area contributed by atoms with E-state index < -0.39 is 11.5 Å². The zero-order valence-corrected chi connectivity index (χ0v) is 17.5. The lowest BCUT2D eigenvalue weighted by Crippen LogP contribution is -2.37. The molecule has 0 fully saturated rings. The molecule has 2 aromatic heterocycles. The van der Waals surface area contributed by atoms with E-state index in [9.17, 15) is 14.7 Å². The van der Waals surface area contributed by atoms with Crippen LogP contribution in [0.1, 0.15) is 29.4 Å². The molecule has 1 atom stereocenters. The number of amides is 2. The Morgan fingerprint density at radius 1 is 1.35 bits per heavy atom. The Morgan fingerprint density at radius 3 is 2.90 bits per heavy atom. The molecular formula is C24H23N3O4. The number of carbonyl (C=O) groups excluding carboxylic acids is 2. The number of pyridine rings is 1. The highest BCUT2D eigenvalue weighted by Crippen LogP contribution is 2.26. The minimum Gasteiger partial charge on any atom is -0.459 e. The zero-order chi connectivity index (χ0) is 22.2. The number of benzene rings is 1. The number of carbonyl (C=O) groups is 2. The Morgan fingerprint density at radius 2 is 2.13 bits per heavy atom. The van der Waals surface area contributed by atoms with Crippen molar-refractivity contribution in [2.75, 3.05) is 12.4 Å². The van der Waals surface area contributed by atoms with Crippen molar-refractivity contribution in [1.82, 2.24) is 9.88 Å². The predicted octanol–water partition coefficient (Wildman–Crippen LogP) is 3.52. The molecule has 0 saturated heterocycles. The van der Waals surface area contributed by atoms with Gasteiger partial charge in [0.15, 0.2) is 5.60 Å². The van der Waals surface area contributed by atoms with Gasteiger partial charge in [-0.15, -0.1) is 0 Å². The first kappa shape index (κ1) is 20.6. The summed E-state index contributed by atoms with van der Waals surface area (Å²) in [5, 5.41) is 13.7. The second kappa shape index (κ2) is 7.85. The molecule has 4 rings (SSSR count). The number of aliphatic hydroxyl groups is 1. The van der Waals surface area contributed by atoms with Gasteiger partial charge in [-0.25, -0.2) is 4.98 Å². The van der Waals surface area contributed by atoms with Gasteiger partial charge >= 0.3 is 0 Å². The van der Waals surface area contributed by atoms with Crippen LogP contribution in [0.5, 0.6) is 0 Å². The lowest BCUT2D eigenvalue weighted by atomic mass is 10.1. The van der Waals surface area contributed by atoms with Gasteiger partial charge in [-0.3, -0.25) is 9.59 Å². The van der Waals surface area contributed by atoms with Crippen molar-refractivity contribution < 1.29 is 19.1 Å². The number of hydrogen-bond donors (Lipinski definition) is 2. The number of aryl methyl sites for hydroxylation is 1. The number of nitrogens with one attached hydrogen (secondary N) is 1. The molecule has 7 nitrogen and oxygen atoms in total. The van der Waals surface area contributed by atoms with E-state index in [0.717, 1.165) is 22.3 Å². The average molecular weight is 417 g/mol. The van der Waals surface area contributed by atoms with Crippen LogP contribution in [0.4, 0.5) is 5.82 Å². The summed E-state index contributed by atoms with van der Waals surface area (Å²) in [5.74, 6) is 0.391. The van der Waals surface area contributed by atoms with E-state index in [-0.39, 0.29) is 5.91 Å². The van der Waals surface area contributed by atoms with Crippen molar-refractivity contribution in [2.24, 2.45) is 0 Å². The molecule has 31 heavy (non-hydrogen) atoms. The quantitative estimate of drug-likeness (QED) is 0.633. The van der Waals surface area contributed by atoms with Gasteiger partial charge < -0.3 is 19.7 Å². The fraction of sp³-hybridized carbons (Fsp3) is 0.208. The van der Waals surface area contributed by atoms with Crippen LogP contribution in [-0.4, -0.2) is 39.5 Å². The Bertz CT molecular complexity index is 1240. The first-order valence-corrected chi connectivity index (χ1v) is 9.88. The summed E-state index contributed by atoms with van der Waals surface area (Å²) in [5.41, 5.74) is 1.57. The molecule has 0 bridgehead atoms. The number of fused-ring (bicyclic) bond motifs is 2. The van der Waals surface area contributed by atoms with E-state index in [4.69, 9.17) is 4.42 Å². The third-order valence-corrected chi connectivity index (χ3v) is 5.34. The van der Waals surface area contributed by atoms with E-state index in [1.54, 1.807) is 36.4 Å². The van der Waals surface area contributed by atoms with Crippen LogP contribution in [-0.2, 0) is 16.1 Å². The largest absolute Gasteiger partial charge is 0.459 e. The summed E-state index contributed by atoms with van der Waals surface area (Å²) in [7, 11) is 1.72. The second-order valence-corrected chi connectivity index (χ2v) is 7.82. The summed E-state index contributed by atoms with van der Waals surface area (Å²) >= 11 is 0. The summed E-state index contributed by atoms with van der Waals surface area (Å²) < 4.78 is 5.89. The normalized spacial score (nSPS) is 18.1.